The molecule has 4 nitrogen and oxygen atoms in total. The number of hydrogen-bond acceptors (Lipinski definition) is 4. The van der Waals surface area contributed by atoms with Crippen molar-refractivity contribution in [1.82, 2.24) is 9.80 Å². The quantitative estimate of drug-likeness (QED) is 0.512. The SMILES string of the molecule is C=C1CC2(CCN(C)CC2)Nc2ccccc21.CC1=CC2(CCN(C)CC2)Nc2ccccc21. The van der Waals surface area contributed by atoms with Gasteiger partial charge in [0.1, 0.15) is 0 Å². The normalized spacial score (nSPS) is 23.0. The standard InChI is InChI=1S/2C15H20N2/c2*1-12-11-15(7-9-17(2)10-8-15)16-14-6-4-3-5-13(12)14/h3-6,11,16H,7-10H2,1-2H3;3-6,16H,1,7-11H2,2H3. The fraction of sp³-hybridized carbons (Fsp3) is 0.467. The zero-order valence-corrected chi connectivity index (χ0v) is 21.2. The summed E-state index contributed by atoms with van der Waals surface area (Å²) in [7, 11) is 4.42. The molecule has 0 radical (unpaired) electrons. The van der Waals surface area contributed by atoms with Crippen molar-refractivity contribution in [2.75, 3.05) is 50.9 Å². The highest BCUT2D eigenvalue weighted by Gasteiger charge is 2.37. The van der Waals surface area contributed by atoms with Crippen LogP contribution >= 0.6 is 0 Å². The third-order valence-electron chi connectivity index (χ3n) is 8.31. The van der Waals surface area contributed by atoms with Crippen LogP contribution in [0.1, 0.15) is 50.2 Å². The van der Waals surface area contributed by atoms with Gasteiger partial charge in [0.15, 0.2) is 0 Å². The highest BCUT2D eigenvalue weighted by atomic mass is 15.1. The molecule has 2 aromatic carbocycles. The van der Waals surface area contributed by atoms with E-state index >= 15 is 0 Å². The molecular formula is C30H40N4. The van der Waals surface area contributed by atoms with E-state index in [1.807, 2.05) is 0 Å². The molecule has 2 aromatic rings. The van der Waals surface area contributed by atoms with Crippen molar-refractivity contribution in [2.24, 2.45) is 0 Å². The average molecular weight is 457 g/mol. The summed E-state index contributed by atoms with van der Waals surface area (Å²) in [5.41, 5.74) is 8.41. The summed E-state index contributed by atoms with van der Waals surface area (Å²) in [6.07, 6.45) is 8.39. The molecule has 4 heterocycles. The van der Waals surface area contributed by atoms with Gasteiger partial charge >= 0.3 is 0 Å². The molecule has 180 valence electrons. The molecule has 0 amide bonds. The molecule has 0 unspecified atom stereocenters. The molecule has 0 bridgehead atoms. The highest BCUT2D eigenvalue weighted by molar-refractivity contribution is 5.80. The van der Waals surface area contributed by atoms with E-state index in [0.29, 0.717) is 0 Å². The maximum absolute atomic E-state index is 4.27. The first-order chi connectivity index (χ1) is 16.4. The third-order valence-corrected chi connectivity index (χ3v) is 8.31. The van der Waals surface area contributed by atoms with Crippen LogP contribution in [0.5, 0.6) is 0 Å². The van der Waals surface area contributed by atoms with Crippen molar-refractivity contribution < 1.29 is 0 Å². The summed E-state index contributed by atoms with van der Waals surface area (Å²) in [4.78, 5) is 4.83. The van der Waals surface area contributed by atoms with Gasteiger partial charge in [-0.2, -0.15) is 0 Å². The Hall–Kier alpha value is -2.56. The van der Waals surface area contributed by atoms with Gasteiger partial charge in [-0.15, -0.1) is 0 Å². The van der Waals surface area contributed by atoms with Gasteiger partial charge < -0.3 is 20.4 Å². The molecule has 34 heavy (non-hydrogen) atoms. The summed E-state index contributed by atoms with van der Waals surface area (Å²) < 4.78 is 0. The number of allylic oxidation sites excluding steroid dienone is 1. The van der Waals surface area contributed by atoms with Crippen LogP contribution in [0.4, 0.5) is 11.4 Å². The summed E-state index contributed by atoms with van der Waals surface area (Å²) in [6.45, 7) is 11.2. The molecule has 4 aliphatic rings. The number of hydrogen-bond donors (Lipinski definition) is 2. The van der Waals surface area contributed by atoms with E-state index in [-0.39, 0.29) is 11.1 Å². The van der Waals surface area contributed by atoms with Gasteiger partial charge in [-0.3, -0.25) is 0 Å². The number of fused-ring (bicyclic) bond motifs is 2. The Balaban J connectivity index is 0.000000142. The number of piperidine rings is 2. The number of likely N-dealkylation sites (tertiary alicyclic amines) is 2. The van der Waals surface area contributed by atoms with Gasteiger partial charge in [0.25, 0.3) is 0 Å². The minimum atomic E-state index is 0.199. The van der Waals surface area contributed by atoms with Crippen LogP contribution in [-0.2, 0) is 0 Å². The molecule has 0 atom stereocenters. The molecule has 2 N–H and O–H groups in total. The fourth-order valence-electron chi connectivity index (χ4n) is 6.10. The van der Waals surface area contributed by atoms with Crippen molar-refractivity contribution >= 4 is 22.5 Å². The smallest absolute Gasteiger partial charge is 0.0586 e. The zero-order chi connectivity index (χ0) is 23.8. The Labute approximate surface area is 205 Å². The first-order valence-corrected chi connectivity index (χ1v) is 12.9. The second-order valence-electron chi connectivity index (χ2n) is 11.0. The van der Waals surface area contributed by atoms with Gasteiger partial charge in [0.05, 0.1) is 5.54 Å². The van der Waals surface area contributed by atoms with Crippen LogP contribution in [-0.4, -0.2) is 61.2 Å². The number of nitrogens with zero attached hydrogens (tertiary/aromatic N) is 2. The second kappa shape index (κ2) is 9.24. The van der Waals surface area contributed by atoms with Crippen LogP contribution in [0.25, 0.3) is 11.1 Å². The summed E-state index contributed by atoms with van der Waals surface area (Å²) >= 11 is 0. The molecule has 0 aromatic heterocycles. The van der Waals surface area contributed by atoms with Crippen molar-refractivity contribution in [2.45, 2.75) is 50.1 Å². The number of rotatable bonds is 0. The van der Waals surface area contributed by atoms with Crippen molar-refractivity contribution in [3.63, 3.8) is 0 Å². The molecule has 0 saturated carbocycles. The average Bonchev–Trinajstić information content (AvgIpc) is 2.84. The van der Waals surface area contributed by atoms with E-state index in [9.17, 15) is 0 Å². The van der Waals surface area contributed by atoms with E-state index < -0.39 is 0 Å². The molecule has 4 heteroatoms. The number of benzene rings is 2. The van der Waals surface area contributed by atoms with E-state index in [0.717, 1.165) is 6.42 Å². The van der Waals surface area contributed by atoms with Crippen LogP contribution in [0.2, 0.25) is 0 Å². The predicted octanol–water partition coefficient (Wildman–Crippen LogP) is 5.96. The van der Waals surface area contributed by atoms with Crippen LogP contribution in [0.15, 0.2) is 61.2 Å². The Kier molecular flexibility index (Phi) is 6.30. The lowest BCUT2D eigenvalue weighted by molar-refractivity contribution is 0.206. The summed E-state index contributed by atoms with van der Waals surface area (Å²) in [5, 5.41) is 7.54. The summed E-state index contributed by atoms with van der Waals surface area (Å²) in [6, 6.07) is 17.2. The Morgan fingerprint density at radius 3 is 1.91 bits per heavy atom. The van der Waals surface area contributed by atoms with Gasteiger partial charge in [-0.05, 0) is 76.4 Å². The lowest BCUT2D eigenvalue weighted by Gasteiger charge is -2.45. The van der Waals surface area contributed by atoms with E-state index in [1.165, 1.54) is 85.5 Å². The van der Waals surface area contributed by atoms with Gasteiger partial charge in [-0.1, -0.05) is 49.1 Å². The van der Waals surface area contributed by atoms with Gasteiger partial charge in [-0.25, -0.2) is 0 Å². The third kappa shape index (κ3) is 4.67. The topological polar surface area (TPSA) is 30.5 Å². The van der Waals surface area contributed by atoms with E-state index in [4.69, 9.17) is 0 Å². The van der Waals surface area contributed by atoms with Crippen molar-refractivity contribution in [1.29, 1.82) is 0 Å². The minimum Gasteiger partial charge on any atom is -0.379 e. The highest BCUT2D eigenvalue weighted by Crippen LogP contribution is 2.42. The zero-order valence-electron chi connectivity index (χ0n) is 21.2. The first kappa shape index (κ1) is 23.2. The second-order valence-corrected chi connectivity index (χ2v) is 11.0. The fourth-order valence-corrected chi connectivity index (χ4v) is 6.10. The van der Waals surface area contributed by atoms with Gasteiger partial charge in [0.2, 0.25) is 0 Å². The molecule has 6 rings (SSSR count). The van der Waals surface area contributed by atoms with Crippen molar-refractivity contribution in [3.8, 4) is 0 Å². The molecular weight excluding hydrogens is 416 g/mol. The number of nitrogens with one attached hydrogen (secondary N) is 2. The monoisotopic (exact) mass is 456 g/mol. The molecule has 0 aliphatic carbocycles. The molecule has 2 fully saturated rings. The van der Waals surface area contributed by atoms with Gasteiger partial charge in [0, 0.05) is 54.2 Å². The van der Waals surface area contributed by atoms with E-state index in [1.54, 1.807) is 0 Å². The maximum Gasteiger partial charge on any atom is 0.0586 e. The Morgan fingerprint density at radius 1 is 0.735 bits per heavy atom. The van der Waals surface area contributed by atoms with Crippen LogP contribution < -0.4 is 10.6 Å². The number of para-hydroxylation sites is 2. The minimum absolute atomic E-state index is 0.199. The van der Waals surface area contributed by atoms with Crippen molar-refractivity contribution in [3.05, 3.63) is 72.3 Å². The molecule has 2 saturated heterocycles. The molecule has 4 aliphatic heterocycles. The summed E-state index contributed by atoms with van der Waals surface area (Å²) in [5.74, 6) is 0. The lowest BCUT2D eigenvalue weighted by Crippen LogP contribution is -2.49. The largest absolute Gasteiger partial charge is 0.379 e. The van der Waals surface area contributed by atoms with E-state index in [2.05, 4.69) is 103 Å². The lowest BCUT2D eigenvalue weighted by atomic mass is 9.77. The molecule has 2 spiro atoms. The first-order valence-electron chi connectivity index (χ1n) is 12.9. The Morgan fingerprint density at radius 2 is 1.26 bits per heavy atom. The number of anilines is 2. The van der Waals surface area contributed by atoms with Crippen LogP contribution in [0, 0.1) is 0 Å². The van der Waals surface area contributed by atoms with Crippen LogP contribution in [0.3, 0.4) is 0 Å². The maximum atomic E-state index is 4.27. The Bertz CT molecular complexity index is 1060. The predicted molar refractivity (Wildman–Crippen MR) is 146 cm³/mol.